The van der Waals surface area contributed by atoms with E-state index >= 15 is 0 Å². The summed E-state index contributed by atoms with van der Waals surface area (Å²) < 4.78 is 2.62. The molecule has 3 rings (SSSR count). The molecule has 0 aliphatic carbocycles. The zero-order valence-electron chi connectivity index (χ0n) is 12.5. The van der Waals surface area contributed by atoms with Crippen LogP contribution in [0.15, 0.2) is 36.7 Å². The first-order chi connectivity index (χ1) is 11.1. The zero-order valence-corrected chi connectivity index (χ0v) is 14.2. The van der Waals surface area contributed by atoms with Gasteiger partial charge in [0.2, 0.25) is 0 Å². The maximum absolute atomic E-state index is 11.5. The van der Waals surface area contributed by atoms with Gasteiger partial charge in [-0.25, -0.2) is 0 Å². The number of nitrogens with two attached hydrogens (primary N) is 2. The van der Waals surface area contributed by atoms with E-state index in [0.29, 0.717) is 23.8 Å². The zero-order chi connectivity index (χ0) is 16.4. The molecule has 7 nitrogen and oxygen atoms in total. The third-order valence-electron chi connectivity index (χ3n) is 3.46. The van der Waals surface area contributed by atoms with Crippen LogP contribution in [0, 0.1) is 0 Å². The van der Waals surface area contributed by atoms with E-state index in [-0.39, 0.29) is 4.81 Å². The van der Waals surface area contributed by atoms with Crippen LogP contribution in [0.25, 0.3) is 11.0 Å². The van der Waals surface area contributed by atoms with E-state index in [1.807, 2.05) is 34.9 Å². The third-order valence-corrected chi connectivity index (χ3v) is 5.17. The van der Waals surface area contributed by atoms with Crippen LogP contribution in [-0.4, -0.2) is 41.3 Å². The number of amides is 1. The Labute approximate surface area is 139 Å². The van der Waals surface area contributed by atoms with Gasteiger partial charge < -0.3 is 0 Å². The number of primary amides is 1. The number of anilines is 2. The third kappa shape index (κ3) is 2.86. The summed E-state index contributed by atoms with van der Waals surface area (Å²) in [6, 6.07) is 9.94. The van der Waals surface area contributed by atoms with Crippen molar-refractivity contribution in [2.75, 3.05) is 18.1 Å². The average molecular weight is 375 g/mol. The van der Waals surface area contributed by atoms with E-state index in [1.54, 1.807) is 7.05 Å². The number of rotatable bonds is 5. The number of fused-ring (bicyclic) bond motifs is 1. The average Bonchev–Trinajstić information content (AvgIpc) is 2.81. The normalized spacial score (nSPS) is 10.8. The summed E-state index contributed by atoms with van der Waals surface area (Å²) in [5, 5.41) is 3.79. The van der Waals surface area contributed by atoms with Gasteiger partial charge in [0, 0.05) is 0 Å². The molecule has 118 valence electrons. The van der Waals surface area contributed by atoms with Gasteiger partial charge in [0.25, 0.3) is 0 Å². The number of carbonyl (C=O) groups excluding carboxylic acids is 1. The molecule has 0 aliphatic rings. The molecule has 2 aromatic heterocycles. The van der Waals surface area contributed by atoms with E-state index in [9.17, 15) is 4.79 Å². The number of carbonyl (C=O) groups is 1. The molecule has 5 N–H and O–H groups in total. The summed E-state index contributed by atoms with van der Waals surface area (Å²) in [5.74, 6) is 1.16. The van der Waals surface area contributed by atoms with Crippen LogP contribution in [0.4, 0.5) is 16.4 Å². The van der Waals surface area contributed by atoms with Crippen molar-refractivity contribution < 1.29 is 4.79 Å². The molecule has 0 atom stereocenters. The summed E-state index contributed by atoms with van der Waals surface area (Å²) in [6.45, 7) is 0.568. The molecule has 2 heterocycles. The first-order valence-corrected chi connectivity index (χ1v) is 8.64. The Balaban J connectivity index is 2.21. The van der Waals surface area contributed by atoms with Gasteiger partial charge in [-0.2, -0.15) is 0 Å². The van der Waals surface area contributed by atoms with Crippen LogP contribution in [0.2, 0.25) is 0 Å². The Hall–Kier alpha value is -2.57. The van der Waals surface area contributed by atoms with Gasteiger partial charge in [-0.15, -0.1) is 0 Å². The SMILES string of the molecule is CNc1ncnc2c1c([Se]C(N)=O)c(N)n2Cc1ccccc1. The summed E-state index contributed by atoms with van der Waals surface area (Å²) in [7, 11) is 1.77. The number of hydrogen-bond donors (Lipinski definition) is 3. The van der Waals surface area contributed by atoms with Crippen LogP contribution in [-0.2, 0) is 6.54 Å². The second-order valence-electron chi connectivity index (χ2n) is 4.88. The van der Waals surface area contributed by atoms with Gasteiger partial charge in [-0.3, -0.25) is 0 Å². The van der Waals surface area contributed by atoms with E-state index in [2.05, 4.69) is 15.3 Å². The maximum atomic E-state index is 11.5. The molecule has 0 aliphatic heterocycles. The number of benzene rings is 1. The van der Waals surface area contributed by atoms with Crippen molar-refractivity contribution >= 4 is 46.9 Å². The van der Waals surface area contributed by atoms with Crippen molar-refractivity contribution in [2.24, 2.45) is 5.73 Å². The van der Waals surface area contributed by atoms with Gasteiger partial charge in [0.1, 0.15) is 0 Å². The predicted octanol–water partition coefficient (Wildman–Crippen LogP) is 0.512. The summed E-state index contributed by atoms with van der Waals surface area (Å²) in [4.78, 5) is 19.7. The molecule has 0 saturated heterocycles. The van der Waals surface area contributed by atoms with Crippen molar-refractivity contribution in [1.29, 1.82) is 0 Å². The van der Waals surface area contributed by atoms with Crippen LogP contribution in [0.3, 0.4) is 0 Å². The molecule has 0 unspecified atom stereocenters. The molecule has 0 fully saturated rings. The molecule has 23 heavy (non-hydrogen) atoms. The number of nitrogens with one attached hydrogen (secondary N) is 1. The van der Waals surface area contributed by atoms with E-state index < -0.39 is 15.0 Å². The van der Waals surface area contributed by atoms with Crippen LogP contribution in [0.5, 0.6) is 0 Å². The Morgan fingerprint density at radius 2 is 2.04 bits per heavy atom. The number of hydrogen-bond acceptors (Lipinski definition) is 5. The first-order valence-electron chi connectivity index (χ1n) is 6.93. The first kappa shape index (κ1) is 15.3. The second kappa shape index (κ2) is 6.27. The van der Waals surface area contributed by atoms with Gasteiger partial charge in [0.05, 0.1) is 0 Å². The molecule has 0 spiro atoms. The Morgan fingerprint density at radius 3 is 2.70 bits per heavy atom. The van der Waals surface area contributed by atoms with Crippen molar-refractivity contribution in [2.45, 2.75) is 6.54 Å². The van der Waals surface area contributed by atoms with Crippen molar-refractivity contribution in [3.63, 3.8) is 0 Å². The van der Waals surface area contributed by atoms with E-state index in [1.165, 1.54) is 6.33 Å². The topological polar surface area (TPSA) is 112 Å². The predicted molar refractivity (Wildman–Crippen MR) is 92.0 cm³/mol. The van der Waals surface area contributed by atoms with Crippen LogP contribution < -0.4 is 21.2 Å². The number of aromatic nitrogens is 3. The number of nitrogens with zero attached hydrogens (tertiary/aromatic N) is 3. The fourth-order valence-electron chi connectivity index (χ4n) is 2.47. The molecule has 0 radical (unpaired) electrons. The molecule has 1 amide bonds. The summed E-state index contributed by atoms with van der Waals surface area (Å²) in [5.41, 5.74) is 13.5. The number of nitrogen functional groups attached to an aromatic ring is 1. The second-order valence-corrected chi connectivity index (χ2v) is 7.01. The quantitative estimate of drug-likeness (QED) is 0.563. The van der Waals surface area contributed by atoms with Crippen molar-refractivity contribution in [3.05, 3.63) is 42.2 Å². The van der Waals surface area contributed by atoms with E-state index in [0.717, 1.165) is 15.4 Å². The van der Waals surface area contributed by atoms with Crippen molar-refractivity contribution in [1.82, 2.24) is 14.5 Å². The monoisotopic (exact) mass is 376 g/mol. The molecule has 0 bridgehead atoms. The van der Waals surface area contributed by atoms with Crippen molar-refractivity contribution in [3.8, 4) is 0 Å². The molecule has 8 heteroatoms. The van der Waals surface area contributed by atoms with Gasteiger partial charge in [0.15, 0.2) is 0 Å². The summed E-state index contributed by atoms with van der Waals surface area (Å²) >= 11 is -0.583. The van der Waals surface area contributed by atoms with Gasteiger partial charge in [-0.05, 0) is 0 Å². The fourth-order valence-corrected chi connectivity index (χ4v) is 3.96. The molecule has 3 aromatic rings. The molecule has 1 aromatic carbocycles. The Bertz CT molecular complexity index is 861. The summed E-state index contributed by atoms with van der Waals surface area (Å²) in [6.07, 6.45) is 1.48. The van der Waals surface area contributed by atoms with Gasteiger partial charge in [-0.1, -0.05) is 0 Å². The van der Waals surface area contributed by atoms with E-state index in [4.69, 9.17) is 11.5 Å². The van der Waals surface area contributed by atoms with Crippen LogP contribution >= 0.6 is 0 Å². The van der Waals surface area contributed by atoms with Crippen LogP contribution in [0.1, 0.15) is 5.56 Å². The standard InChI is InChI=1S/C15H16N6OSe/c1-18-13-10-11(23-15(17)22)12(16)21(14(10)20-8-19-13)7-9-5-3-2-4-6-9/h2-6,8H,7,16H2,1H3,(H2,17,22)(H,18,19,20). The minimum atomic E-state index is -0.583. The Morgan fingerprint density at radius 1 is 1.30 bits per heavy atom. The van der Waals surface area contributed by atoms with Gasteiger partial charge >= 0.3 is 139 Å². The molecule has 0 saturated carbocycles. The Kier molecular flexibility index (Phi) is 4.18. The molecular weight excluding hydrogens is 359 g/mol. The fraction of sp³-hybridized carbons (Fsp3) is 0.133. The minimum absolute atomic E-state index is 0.381. The molecular formula is C15H16N6OSe.